The van der Waals surface area contributed by atoms with Crippen LogP contribution in [0.1, 0.15) is 32.8 Å². The van der Waals surface area contributed by atoms with E-state index in [0.29, 0.717) is 19.6 Å². The van der Waals surface area contributed by atoms with Gasteiger partial charge in [0.15, 0.2) is 0 Å². The summed E-state index contributed by atoms with van der Waals surface area (Å²) in [4.78, 5) is 12.7. The molecule has 1 fully saturated rings. The van der Waals surface area contributed by atoms with E-state index in [4.69, 9.17) is 10.5 Å². The maximum absolute atomic E-state index is 12.7. The zero-order chi connectivity index (χ0) is 17.4. The molecule has 0 saturated heterocycles. The Balaban J connectivity index is 1.66. The number of fused-ring (bicyclic) bond motifs is 1. The first-order chi connectivity index (χ1) is 11.4. The van der Waals surface area contributed by atoms with Crippen molar-refractivity contribution in [2.75, 3.05) is 6.61 Å². The van der Waals surface area contributed by atoms with E-state index < -0.39 is 5.54 Å². The molecule has 2 aromatic rings. The molecule has 0 radical (unpaired) electrons. The quantitative estimate of drug-likeness (QED) is 0.888. The number of ether oxygens (including phenoxy) is 1. The van der Waals surface area contributed by atoms with E-state index in [0.717, 1.165) is 5.56 Å². The summed E-state index contributed by atoms with van der Waals surface area (Å²) < 4.78 is 5.69. The van der Waals surface area contributed by atoms with E-state index in [9.17, 15) is 4.79 Å². The number of rotatable bonds is 5. The molecule has 0 heterocycles. The van der Waals surface area contributed by atoms with Gasteiger partial charge >= 0.3 is 0 Å². The van der Waals surface area contributed by atoms with Crippen molar-refractivity contribution >= 4 is 16.7 Å². The van der Waals surface area contributed by atoms with Crippen LogP contribution < -0.4 is 11.1 Å². The first-order valence-corrected chi connectivity index (χ1v) is 8.55. The highest BCUT2D eigenvalue weighted by molar-refractivity contribution is 5.89. The normalized spacial score (nSPS) is 25.2. The van der Waals surface area contributed by atoms with E-state index >= 15 is 0 Å². The number of hydrogen-bond acceptors (Lipinski definition) is 3. The molecule has 3 N–H and O–H groups in total. The number of carbonyl (C=O) groups excluding carboxylic acids is 1. The Morgan fingerprint density at radius 1 is 1.25 bits per heavy atom. The van der Waals surface area contributed by atoms with Crippen molar-refractivity contribution in [3.05, 3.63) is 48.0 Å². The number of nitrogens with two attached hydrogens (primary N) is 1. The van der Waals surface area contributed by atoms with Gasteiger partial charge in [-0.1, -0.05) is 50.2 Å². The van der Waals surface area contributed by atoms with Crippen LogP contribution in [0.25, 0.3) is 10.8 Å². The Hall–Kier alpha value is -1.91. The molecule has 4 nitrogen and oxygen atoms in total. The molecule has 3 rings (SSSR count). The maximum Gasteiger partial charge on any atom is 0.241 e. The molecule has 2 atom stereocenters. The minimum Gasteiger partial charge on any atom is -0.378 e. The third-order valence-electron chi connectivity index (χ3n) is 5.50. The van der Waals surface area contributed by atoms with Crippen LogP contribution >= 0.6 is 0 Å². The molecule has 0 bridgehead atoms. The largest absolute Gasteiger partial charge is 0.378 e. The summed E-state index contributed by atoms with van der Waals surface area (Å²) in [7, 11) is 0. The molecule has 2 aromatic carbocycles. The maximum atomic E-state index is 12.7. The number of benzene rings is 2. The van der Waals surface area contributed by atoms with Gasteiger partial charge in [0.25, 0.3) is 0 Å². The van der Waals surface area contributed by atoms with Crippen LogP contribution in [0, 0.1) is 5.41 Å². The summed E-state index contributed by atoms with van der Waals surface area (Å²) in [5.74, 6) is -0.100. The third-order valence-corrected chi connectivity index (χ3v) is 5.50. The van der Waals surface area contributed by atoms with E-state index in [1.807, 2.05) is 39.0 Å². The zero-order valence-electron chi connectivity index (χ0n) is 14.6. The fraction of sp³-hybridized carbons (Fsp3) is 0.450. The van der Waals surface area contributed by atoms with E-state index in [-0.39, 0.29) is 17.4 Å². The number of nitrogens with one attached hydrogen (secondary N) is 1. The van der Waals surface area contributed by atoms with Crippen LogP contribution in [0.15, 0.2) is 42.5 Å². The third kappa shape index (κ3) is 2.70. The van der Waals surface area contributed by atoms with Crippen LogP contribution in [0.3, 0.4) is 0 Å². The van der Waals surface area contributed by atoms with E-state index in [2.05, 4.69) is 29.6 Å². The van der Waals surface area contributed by atoms with Gasteiger partial charge < -0.3 is 15.8 Å². The topological polar surface area (TPSA) is 64.3 Å². The number of carbonyl (C=O) groups is 1. The molecule has 1 amide bonds. The average Bonchev–Trinajstić information content (AvgIpc) is 2.59. The lowest BCUT2D eigenvalue weighted by Gasteiger charge is -2.57. The highest BCUT2D eigenvalue weighted by Crippen LogP contribution is 2.49. The van der Waals surface area contributed by atoms with Gasteiger partial charge in [0, 0.05) is 25.0 Å². The van der Waals surface area contributed by atoms with Crippen molar-refractivity contribution in [3.63, 3.8) is 0 Å². The minimum absolute atomic E-state index is 0.0407. The monoisotopic (exact) mass is 326 g/mol. The molecular formula is C20H26N2O2. The van der Waals surface area contributed by atoms with Crippen LogP contribution in [0.4, 0.5) is 0 Å². The summed E-state index contributed by atoms with van der Waals surface area (Å²) in [6.45, 7) is 7.10. The van der Waals surface area contributed by atoms with Crippen LogP contribution in [-0.4, -0.2) is 24.2 Å². The highest BCUT2D eigenvalue weighted by Gasteiger charge is 2.62. The van der Waals surface area contributed by atoms with Crippen molar-refractivity contribution in [1.82, 2.24) is 5.32 Å². The summed E-state index contributed by atoms with van der Waals surface area (Å²) in [5.41, 5.74) is 6.24. The van der Waals surface area contributed by atoms with Crippen LogP contribution in [0.5, 0.6) is 0 Å². The molecule has 0 aliphatic heterocycles. The zero-order valence-corrected chi connectivity index (χ0v) is 14.6. The molecule has 2 unspecified atom stereocenters. The summed E-state index contributed by atoms with van der Waals surface area (Å²) in [5, 5.41) is 5.37. The molecular weight excluding hydrogens is 300 g/mol. The van der Waals surface area contributed by atoms with Crippen LogP contribution in [-0.2, 0) is 16.1 Å². The predicted octanol–water partition coefficient (Wildman–Crippen LogP) is 2.99. The van der Waals surface area contributed by atoms with E-state index in [1.54, 1.807) is 0 Å². The van der Waals surface area contributed by atoms with Gasteiger partial charge in [0.2, 0.25) is 5.91 Å². The number of amides is 1. The van der Waals surface area contributed by atoms with Gasteiger partial charge in [-0.05, 0) is 29.3 Å². The lowest BCUT2D eigenvalue weighted by molar-refractivity contribution is -0.170. The second kappa shape index (κ2) is 6.19. The van der Waals surface area contributed by atoms with Gasteiger partial charge in [-0.2, -0.15) is 0 Å². The van der Waals surface area contributed by atoms with Gasteiger partial charge in [0.1, 0.15) is 5.54 Å². The Morgan fingerprint density at radius 2 is 1.96 bits per heavy atom. The van der Waals surface area contributed by atoms with Crippen molar-refractivity contribution in [2.24, 2.45) is 11.1 Å². The van der Waals surface area contributed by atoms with Crippen molar-refractivity contribution < 1.29 is 9.53 Å². The summed E-state index contributed by atoms with van der Waals surface area (Å²) >= 11 is 0. The summed E-state index contributed by atoms with van der Waals surface area (Å²) in [6.07, 6.45) is 0.608. The predicted molar refractivity (Wildman–Crippen MR) is 96.5 cm³/mol. The molecule has 24 heavy (non-hydrogen) atoms. The fourth-order valence-corrected chi connectivity index (χ4v) is 3.51. The first-order valence-electron chi connectivity index (χ1n) is 8.55. The minimum atomic E-state index is -0.871. The van der Waals surface area contributed by atoms with Crippen molar-refractivity contribution in [2.45, 2.75) is 45.4 Å². The Bertz CT molecular complexity index is 756. The molecule has 1 aliphatic carbocycles. The van der Waals surface area contributed by atoms with E-state index in [1.165, 1.54) is 10.8 Å². The first kappa shape index (κ1) is 16.9. The molecule has 0 aromatic heterocycles. The standard InChI is InChI=1S/C20H26N2O2/c1-4-24-17-12-20(21,19(17,2)3)18(23)22-13-14-9-10-15-7-5-6-8-16(15)11-14/h5-11,17H,4,12-13,21H2,1-3H3,(H,22,23). The Kier molecular flexibility index (Phi) is 4.37. The lowest BCUT2D eigenvalue weighted by atomic mass is 9.54. The Morgan fingerprint density at radius 3 is 2.62 bits per heavy atom. The number of hydrogen-bond donors (Lipinski definition) is 2. The summed E-state index contributed by atoms with van der Waals surface area (Å²) in [6, 6.07) is 14.4. The highest BCUT2D eigenvalue weighted by atomic mass is 16.5. The SMILES string of the molecule is CCOC1CC(N)(C(=O)NCc2ccc3ccccc3c2)C1(C)C. The van der Waals surface area contributed by atoms with Gasteiger partial charge in [-0.15, -0.1) is 0 Å². The Labute approximate surface area is 143 Å². The van der Waals surface area contributed by atoms with Gasteiger partial charge in [-0.25, -0.2) is 0 Å². The fourth-order valence-electron chi connectivity index (χ4n) is 3.51. The second-order valence-corrected chi connectivity index (χ2v) is 7.21. The molecule has 1 saturated carbocycles. The van der Waals surface area contributed by atoms with Gasteiger partial charge in [0.05, 0.1) is 6.10 Å². The van der Waals surface area contributed by atoms with Crippen molar-refractivity contribution in [3.8, 4) is 0 Å². The average molecular weight is 326 g/mol. The van der Waals surface area contributed by atoms with Gasteiger partial charge in [-0.3, -0.25) is 4.79 Å². The molecule has 4 heteroatoms. The molecule has 1 aliphatic rings. The molecule has 0 spiro atoms. The smallest absolute Gasteiger partial charge is 0.241 e. The lowest BCUT2D eigenvalue weighted by Crippen LogP contribution is -2.75. The molecule has 128 valence electrons. The second-order valence-electron chi connectivity index (χ2n) is 7.21. The van der Waals surface area contributed by atoms with Crippen LogP contribution in [0.2, 0.25) is 0 Å². The van der Waals surface area contributed by atoms with Crippen molar-refractivity contribution in [1.29, 1.82) is 0 Å².